The molecule has 1 atom stereocenters. The number of rotatable bonds is 7. The second-order valence-electron chi connectivity index (χ2n) is 12.9. The van der Waals surface area contributed by atoms with Crippen molar-refractivity contribution in [1.29, 1.82) is 0 Å². The number of carbonyl (C=O) groups is 1. The lowest BCUT2D eigenvalue weighted by molar-refractivity contribution is -0.0362. The van der Waals surface area contributed by atoms with Gasteiger partial charge in [-0.1, -0.05) is 19.6 Å². The molecule has 206 valence electrons. The normalized spacial score (nSPS) is 20.0. The second kappa shape index (κ2) is 9.95. The van der Waals surface area contributed by atoms with Crippen LogP contribution in [0.25, 0.3) is 21.6 Å². The third kappa shape index (κ3) is 5.48. The lowest BCUT2D eigenvalue weighted by Crippen LogP contribution is -2.64. The third-order valence-electron chi connectivity index (χ3n) is 7.47. The van der Waals surface area contributed by atoms with Crippen LogP contribution >= 0.6 is 11.3 Å². The molecule has 0 N–H and O–H groups in total. The number of hydrogen-bond donors (Lipinski definition) is 0. The highest BCUT2D eigenvalue weighted by atomic mass is 32.1. The molecular formula is C28H41N5O3SSi. The van der Waals surface area contributed by atoms with Gasteiger partial charge in [-0.25, -0.2) is 14.8 Å². The van der Waals surface area contributed by atoms with E-state index in [0.29, 0.717) is 6.73 Å². The average molecular weight is 556 g/mol. The molecule has 3 aromatic rings. The lowest BCUT2D eigenvalue weighted by Gasteiger charge is -2.50. The Morgan fingerprint density at radius 1 is 1.18 bits per heavy atom. The van der Waals surface area contributed by atoms with Gasteiger partial charge in [0.25, 0.3) is 0 Å². The summed E-state index contributed by atoms with van der Waals surface area (Å²) >= 11 is 1.70. The fourth-order valence-electron chi connectivity index (χ4n) is 5.37. The molecule has 2 aliphatic heterocycles. The topological polar surface area (TPSA) is 72.7 Å². The molecule has 1 unspecified atom stereocenters. The Labute approximate surface area is 231 Å². The van der Waals surface area contributed by atoms with Crippen LogP contribution in [-0.4, -0.2) is 71.0 Å². The average Bonchev–Trinajstić information content (AvgIpc) is 3.51. The number of amides is 1. The molecule has 1 spiro atoms. The van der Waals surface area contributed by atoms with Crippen LogP contribution in [0.1, 0.15) is 38.5 Å². The van der Waals surface area contributed by atoms with Crippen LogP contribution in [0.4, 0.5) is 10.5 Å². The minimum absolute atomic E-state index is 0.168. The van der Waals surface area contributed by atoms with Gasteiger partial charge >= 0.3 is 6.09 Å². The van der Waals surface area contributed by atoms with Gasteiger partial charge in [-0.05, 0) is 52.6 Å². The third-order valence-corrected chi connectivity index (χ3v) is 10.1. The summed E-state index contributed by atoms with van der Waals surface area (Å²) in [6, 6.07) is 3.24. The summed E-state index contributed by atoms with van der Waals surface area (Å²) in [4.78, 5) is 28.0. The number of fused-ring (bicyclic) bond motifs is 1. The van der Waals surface area contributed by atoms with Gasteiger partial charge < -0.3 is 23.8 Å². The monoisotopic (exact) mass is 555 g/mol. The number of carbonyl (C=O) groups excluding carboxylic acids is 1. The zero-order valence-electron chi connectivity index (χ0n) is 23.8. The quantitative estimate of drug-likeness (QED) is 0.249. The van der Waals surface area contributed by atoms with Crippen molar-refractivity contribution in [2.45, 2.75) is 84.1 Å². The molecule has 2 fully saturated rings. The van der Waals surface area contributed by atoms with Gasteiger partial charge in [0.05, 0.1) is 16.6 Å². The summed E-state index contributed by atoms with van der Waals surface area (Å²) in [5.41, 5.74) is 2.49. The summed E-state index contributed by atoms with van der Waals surface area (Å²) < 4.78 is 14.0. The van der Waals surface area contributed by atoms with Gasteiger partial charge in [0, 0.05) is 63.3 Å². The fraction of sp³-hybridized carbons (Fsp3) is 0.607. The van der Waals surface area contributed by atoms with E-state index in [0.717, 1.165) is 72.4 Å². The summed E-state index contributed by atoms with van der Waals surface area (Å²) in [5, 5.41) is 2.10. The summed E-state index contributed by atoms with van der Waals surface area (Å²) in [5.74, 6) is 0. The smallest absolute Gasteiger partial charge is 0.410 e. The van der Waals surface area contributed by atoms with E-state index in [4.69, 9.17) is 19.4 Å². The van der Waals surface area contributed by atoms with Crippen molar-refractivity contribution in [2.75, 3.05) is 31.1 Å². The van der Waals surface area contributed by atoms with Gasteiger partial charge in [-0.15, -0.1) is 11.3 Å². The van der Waals surface area contributed by atoms with Gasteiger partial charge in [-0.3, -0.25) is 0 Å². The van der Waals surface area contributed by atoms with E-state index >= 15 is 0 Å². The Morgan fingerprint density at radius 2 is 1.95 bits per heavy atom. The molecule has 0 bridgehead atoms. The second-order valence-corrected chi connectivity index (χ2v) is 19.8. The molecular weight excluding hydrogens is 514 g/mol. The van der Waals surface area contributed by atoms with E-state index in [1.807, 2.05) is 38.1 Å². The van der Waals surface area contributed by atoms with Gasteiger partial charge in [-0.2, -0.15) is 0 Å². The van der Waals surface area contributed by atoms with Crippen molar-refractivity contribution in [3.63, 3.8) is 0 Å². The van der Waals surface area contributed by atoms with Crippen LogP contribution in [0.15, 0.2) is 24.7 Å². The van der Waals surface area contributed by atoms with Crippen LogP contribution < -0.4 is 4.90 Å². The highest BCUT2D eigenvalue weighted by molar-refractivity contribution is 7.15. The first-order valence-electron chi connectivity index (χ1n) is 13.6. The minimum atomic E-state index is -1.16. The Hall–Kier alpha value is -2.43. The number of aryl methyl sites for hydroxylation is 1. The molecule has 38 heavy (non-hydrogen) atoms. The van der Waals surface area contributed by atoms with Crippen molar-refractivity contribution in [3.05, 3.63) is 29.5 Å². The number of ether oxygens (including phenoxy) is 2. The van der Waals surface area contributed by atoms with Crippen LogP contribution in [0.5, 0.6) is 0 Å². The van der Waals surface area contributed by atoms with Gasteiger partial charge in [0.2, 0.25) is 0 Å². The Morgan fingerprint density at radius 3 is 2.58 bits per heavy atom. The maximum Gasteiger partial charge on any atom is 0.410 e. The summed E-state index contributed by atoms with van der Waals surface area (Å²) in [7, 11) is -1.16. The molecule has 0 aliphatic carbocycles. The Balaban J connectivity index is 1.44. The van der Waals surface area contributed by atoms with Crippen LogP contribution in [0, 0.1) is 6.92 Å². The predicted molar refractivity (Wildman–Crippen MR) is 157 cm³/mol. The first-order valence-corrected chi connectivity index (χ1v) is 18.1. The highest BCUT2D eigenvalue weighted by Gasteiger charge is 2.53. The van der Waals surface area contributed by atoms with E-state index in [9.17, 15) is 4.79 Å². The first kappa shape index (κ1) is 27.1. The summed E-state index contributed by atoms with van der Waals surface area (Å²) in [6.45, 7) is 18.6. The molecule has 1 amide bonds. The van der Waals surface area contributed by atoms with Crippen LogP contribution in [-0.2, 0) is 16.2 Å². The fourth-order valence-corrected chi connectivity index (χ4v) is 6.91. The van der Waals surface area contributed by atoms with E-state index in [1.165, 1.54) is 4.88 Å². The number of hydrogen-bond acceptors (Lipinski definition) is 7. The zero-order chi connectivity index (χ0) is 27.3. The number of nitrogens with zero attached hydrogens (tertiary/aromatic N) is 5. The van der Waals surface area contributed by atoms with Crippen LogP contribution in [0.3, 0.4) is 0 Å². The molecule has 2 aliphatic rings. The molecule has 0 saturated carbocycles. The minimum Gasteiger partial charge on any atom is -0.444 e. The van der Waals surface area contributed by atoms with E-state index in [-0.39, 0.29) is 11.6 Å². The predicted octanol–water partition coefficient (Wildman–Crippen LogP) is 6.37. The molecule has 2 saturated heterocycles. The number of anilines is 1. The lowest BCUT2D eigenvalue weighted by atomic mass is 9.84. The summed E-state index contributed by atoms with van der Waals surface area (Å²) in [6.07, 6.45) is 7.71. The van der Waals surface area contributed by atoms with Gasteiger partial charge in [0.1, 0.15) is 23.0 Å². The molecule has 10 heteroatoms. The zero-order valence-corrected chi connectivity index (χ0v) is 25.7. The van der Waals surface area contributed by atoms with Crippen molar-refractivity contribution >= 4 is 42.2 Å². The molecule has 3 aromatic heterocycles. The maximum atomic E-state index is 12.9. The number of likely N-dealkylation sites (tertiary alicyclic amines) is 1. The van der Waals surface area contributed by atoms with Crippen molar-refractivity contribution < 1.29 is 14.3 Å². The molecule has 5 rings (SSSR count). The van der Waals surface area contributed by atoms with E-state index in [2.05, 4.69) is 48.3 Å². The molecule has 8 nitrogen and oxygen atoms in total. The Bertz CT molecular complexity index is 1320. The standard InChI is InChI=1S/C28H41N5O3SSi/c1-20-16-30-25(37-20)21-17-32(19-35-14-15-38(5,6)7)24-23(21)22(8-11-29-24)31-12-9-28(18-31)10-13-33(28)26(34)36-27(2,3)4/h8,11,16-17H,9-10,12-15,18-19H2,1-7H3. The number of pyridine rings is 1. The SMILES string of the molecule is Cc1cnc(-c2cn(COCC[Si](C)(C)C)c3nccc(N4CCC5(CCN5C(=O)OC(C)(C)C)C4)c23)s1. The Kier molecular flexibility index (Phi) is 7.11. The maximum absolute atomic E-state index is 12.9. The molecule has 0 aromatic carbocycles. The first-order chi connectivity index (χ1) is 17.9. The van der Waals surface area contributed by atoms with E-state index in [1.54, 1.807) is 11.3 Å². The van der Waals surface area contributed by atoms with Crippen LogP contribution in [0.2, 0.25) is 25.7 Å². The van der Waals surface area contributed by atoms with Gasteiger partial charge in [0.15, 0.2) is 0 Å². The van der Waals surface area contributed by atoms with Crippen molar-refractivity contribution in [1.82, 2.24) is 19.4 Å². The van der Waals surface area contributed by atoms with E-state index < -0.39 is 13.7 Å². The number of aromatic nitrogens is 3. The molecule has 0 radical (unpaired) electrons. The van der Waals surface area contributed by atoms with Crippen molar-refractivity contribution in [2.24, 2.45) is 0 Å². The largest absolute Gasteiger partial charge is 0.444 e. The van der Waals surface area contributed by atoms with Crippen molar-refractivity contribution in [3.8, 4) is 10.6 Å². The number of thiazole rings is 1. The highest BCUT2D eigenvalue weighted by Crippen LogP contribution is 2.45. The molecule has 5 heterocycles.